The van der Waals surface area contributed by atoms with E-state index >= 15 is 0 Å². The molecule has 1 aromatic heterocycles. The van der Waals surface area contributed by atoms with Crippen LogP contribution in [0, 0.1) is 27.7 Å². The van der Waals surface area contributed by atoms with E-state index in [2.05, 4.69) is 65.7 Å². The maximum Gasteiger partial charge on any atom is 0.248 e. The Morgan fingerprint density at radius 3 is 2.30 bits per heavy atom. The second-order valence-corrected chi connectivity index (χ2v) is 7.96. The molecule has 0 aliphatic carbocycles. The molecule has 4 rings (SSSR count). The highest BCUT2D eigenvalue weighted by Crippen LogP contribution is 2.33. The number of nitrogens with zero attached hydrogens (tertiary/aromatic N) is 4. The molecule has 0 bridgehead atoms. The van der Waals surface area contributed by atoms with E-state index in [-0.39, 0.29) is 0 Å². The van der Waals surface area contributed by atoms with E-state index in [1.54, 1.807) is 0 Å². The van der Waals surface area contributed by atoms with Gasteiger partial charge in [-0.2, -0.15) is 4.98 Å². The minimum Gasteiger partial charge on any atom is -0.437 e. The predicted molar refractivity (Wildman–Crippen MR) is 123 cm³/mol. The zero-order chi connectivity index (χ0) is 21.3. The van der Waals surface area contributed by atoms with Crippen molar-refractivity contribution in [3.63, 3.8) is 0 Å². The van der Waals surface area contributed by atoms with Gasteiger partial charge >= 0.3 is 0 Å². The quantitative estimate of drug-likeness (QED) is 0.696. The van der Waals surface area contributed by atoms with Crippen LogP contribution in [0.2, 0.25) is 0 Å². The Labute approximate surface area is 178 Å². The number of anilines is 3. The fraction of sp³-hybridized carbons (Fsp3) is 0.333. The molecule has 1 aliphatic rings. The van der Waals surface area contributed by atoms with E-state index in [1.807, 2.05) is 18.2 Å². The van der Waals surface area contributed by atoms with E-state index in [4.69, 9.17) is 10.5 Å². The van der Waals surface area contributed by atoms with Crippen molar-refractivity contribution in [1.29, 1.82) is 0 Å². The van der Waals surface area contributed by atoms with Crippen molar-refractivity contribution >= 4 is 17.2 Å². The van der Waals surface area contributed by atoms with Crippen molar-refractivity contribution < 1.29 is 4.74 Å². The van der Waals surface area contributed by atoms with Gasteiger partial charge in [0, 0.05) is 31.9 Å². The van der Waals surface area contributed by atoms with Crippen molar-refractivity contribution in [2.75, 3.05) is 41.7 Å². The second-order valence-electron chi connectivity index (χ2n) is 7.96. The SMILES string of the molecule is Cc1ccc(Oc2ncnc(N3CCN(c4cccc(C)c4C)CC3)c2N)cc1C. The Balaban J connectivity index is 1.49. The summed E-state index contributed by atoms with van der Waals surface area (Å²) >= 11 is 0. The number of nitrogen functional groups attached to an aromatic ring is 1. The third-order valence-corrected chi connectivity index (χ3v) is 6.02. The third kappa shape index (κ3) is 3.90. The maximum atomic E-state index is 6.41. The van der Waals surface area contributed by atoms with Gasteiger partial charge in [-0.1, -0.05) is 18.2 Å². The first kappa shape index (κ1) is 20.0. The zero-order valence-electron chi connectivity index (χ0n) is 18.1. The monoisotopic (exact) mass is 403 g/mol. The van der Waals surface area contributed by atoms with E-state index in [9.17, 15) is 0 Å². The lowest BCUT2D eigenvalue weighted by molar-refractivity contribution is 0.463. The molecule has 1 saturated heterocycles. The number of aromatic nitrogens is 2. The van der Waals surface area contributed by atoms with E-state index < -0.39 is 0 Å². The van der Waals surface area contributed by atoms with Gasteiger partial charge < -0.3 is 20.3 Å². The maximum absolute atomic E-state index is 6.41. The average molecular weight is 404 g/mol. The van der Waals surface area contributed by atoms with Crippen LogP contribution in [0.5, 0.6) is 11.6 Å². The summed E-state index contributed by atoms with van der Waals surface area (Å²) < 4.78 is 5.98. The standard InChI is InChI=1S/C24H29N5O/c1-16-8-9-20(14-18(16)3)30-24-22(25)23(26-15-27-24)29-12-10-28(11-13-29)21-7-5-6-17(2)19(21)4/h5-9,14-15H,10-13,25H2,1-4H3. The molecular weight excluding hydrogens is 374 g/mol. The number of benzene rings is 2. The highest BCUT2D eigenvalue weighted by molar-refractivity contribution is 5.69. The summed E-state index contributed by atoms with van der Waals surface area (Å²) in [6.45, 7) is 12.0. The summed E-state index contributed by atoms with van der Waals surface area (Å²) in [7, 11) is 0. The normalized spacial score (nSPS) is 14.1. The number of hydrogen-bond donors (Lipinski definition) is 1. The van der Waals surface area contributed by atoms with Crippen molar-refractivity contribution in [3.8, 4) is 11.6 Å². The largest absolute Gasteiger partial charge is 0.437 e. The van der Waals surface area contributed by atoms with Crippen molar-refractivity contribution in [3.05, 3.63) is 65.0 Å². The molecule has 0 saturated carbocycles. The Kier molecular flexibility index (Phi) is 5.48. The molecule has 6 heteroatoms. The van der Waals surface area contributed by atoms with Crippen LogP contribution in [0.1, 0.15) is 22.3 Å². The van der Waals surface area contributed by atoms with Crippen LogP contribution in [0.15, 0.2) is 42.7 Å². The van der Waals surface area contributed by atoms with Gasteiger partial charge in [-0.25, -0.2) is 4.98 Å². The van der Waals surface area contributed by atoms with Crippen LogP contribution in [0.3, 0.4) is 0 Å². The minimum atomic E-state index is 0.403. The van der Waals surface area contributed by atoms with Crippen LogP contribution in [-0.4, -0.2) is 36.1 Å². The molecule has 0 amide bonds. The van der Waals surface area contributed by atoms with Crippen LogP contribution in [-0.2, 0) is 0 Å². The second kappa shape index (κ2) is 8.22. The third-order valence-electron chi connectivity index (χ3n) is 6.02. The molecule has 0 spiro atoms. The smallest absolute Gasteiger partial charge is 0.248 e. The van der Waals surface area contributed by atoms with Gasteiger partial charge in [0.1, 0.15) is 17.8 Å². The summed E-state index contributed by atoms with van der Waals surface area (Å²) in [5, 5.41) is 0. The molecule has 0 atom stereocenters. The van der Waals surface area contributed by atoms with Gasteiger partial charge in [0.25, 0.3) is 0 Å². The molecule has 2 N–H and O–H groups in total. The van der Waals surface area contributed by atoms with Crippen LogP contribution >= 0.6 is 0 Å². The topological polar surface area (TPSA) is 67.5 Å². The van der Waals surface area contributed by atoms with Crippen LogP contribution in [0.25, 0.3) is 0 Å². The Hall–Kier alpha value is -3.28. The highest BCUT2D eigenvalue weighted by Gasteiger charge is 2.23. The Morgan fingerprint density at radius 1 is 0.833 bits per heavy atom. The molecule has 1 aliphatic heterocycles. The van der Waals surface area contributed by atoms with Gasteiger partial charge in [0.2, 0.25) is 5.88 Å². The van der Waals surface area contributed by atoms with Gasteiger partial charge in [-0.05, 0) is 68.1 Å². The fourth-order valence-corrected chi connectivity index (χ4v) is 3.83. The molecular formula is C24H29N5O. The molecule has 3 aromatic rings. The van der Waals surface area contributed by atoms with Gasteiger partial charge in [0.05, 0.1) is 0 Å². The lowest BCUT2D eigenvalue weighted by Gasteiger charge is -2.38. The number of piperazine rings is 1. The molecule has 30 heavy (non-hydrogen) atoms. The van der Waals surface area contributed by atoms with E-state index in [0.717, 1.165) is 37.7 Å². The molecule has 0 radical (unpaired) electrons. The van der Waals surface area contributed by atoms with Gasteiger partial charge in [-0.3, -0.25) is 0 Å². The first-order chi connectivity index (χ1) is 14.4. The van der Waals surface area contributed by atoms with E-state index in [0.29, 0.717) is 11.6 Å². The Morgan fingerprint density at radius 2 is 1.57 bits per heavy atom. The first-order valence-corrected chi connectivity index (χ1v) is 10.4. The minimum absolute atomic E-state index is 0.403. The number of aryl methyl sites for hydroxylation is 3. The van der Waals surface area contributed by atoms with Gasteiger partial charge in [0.15, 0.2) is 5.82 Å². The lowest BCUT2D eigenvalue weighted by Crippen LogP contribution is -2.47. The van der Waals surface area contributed by atoms with Crippen molar-refractivity contribution in [2.45, 2.75) is 27.7 Å². The highest BCUT2D eigenvalue weighted by atomic mass is 16.5. The van der Waals surface area contributed by atoms with E-state index in [1.165, 1.54) is 34.3 Å². The molecule has 2 heterocycles. The number of nitrogens with two attached hydrogens (primary N) is 1. The van der Waals surface area contributed by atoms with Crippen LogP contribution < -0.4 is 20.3 Å². The summed E-state index contributed by atoms with van der Waals surface area (Å²) in [6.07, 6.45) is 1.53. The summed E-state index contributed by atoms with van der Waals surface area (Å²) in [5.74, 6) is 1.87. The lowest BCUT2D eigenvalue weighted by atomic mass is 10.1. The Bertz CT molecular complexity index is 1060. The van der Waals surface area contributed by atoms with Crippen molar-refractivity contribution in [1.82, 2.24) is 9.97 Å². The molecule has 1 fully saturated rings. The first-order valence-electron chi connectivity index (χ1n) is 10.4. The molecule has 156 valence electrons. The summed E-state index contributed by atoms with van der Waals surface area (Å²) in [4.78, 5) is 13.4. The average Bonchev–Trinajstić information content (AvgIpc) is 2.74. The molecule has 2 aromatic carbocycles. The molecule has 0 unspecified atom stereocenters. The number of ether oxygens (including phenoxy) is 1. The van der Waals surface area contributed by atoms with Crippen molar-refractivity contribution in [2.24, 2.45) is 0 Å². The summed E-state index contributed by atoms with van der Waals surface area (Å²) in [6, 6.07) is 12.5. The molecule has 6 nitrogen and oxygen atoms in total. The summed E-state index contributed by atoms with van der Waals surface area (Å²) in [5.41, 5.74) is 13.3. The predicted octanol–water partition coefficient (Wildman–Crippen LogP) is 4.41. The number of hydrogen-bond acceptors (Lipinski definition) is 6. The number of rotatable bonds is 4. The zero-order valence-corrected chi connectivity index (χ0v) is 18.1. The van der Waals surface area contributed by atoms with Gasteiger partial charge in [-0.15, -0.1) is 0 Å². The van der Waals surface area contributed by atoms with Crippen LogP contribution in [0.4, 0.5) is 17.2 Å². The fourth-order valence-electron chi connectivity index (χ4n) is 3.83.